The number of hydrogen-bond acceptors (Lipinski definition) is 4. The zero-order chi connectivity index (χ0) is 8.10. The molecule has 0 aliphatic carbocycles. The van der Waals surface area contributed by atoms with Gasteiger partial charge in [0.1, 0.15) is 17.7 Å². The van der Waals surface area contributed by atoms with Crippen molar-refractivity contribution in [2.75, 3.05) is 0 Å². The fraction of sp³-hybridized carbons (Fsp3) is 0. The molecule has 4 heteroatoms. The molecular weight excluding hydrogens is 158 g/mol. The summed E-state index contributed by atoms with van der Waals surface area (Å²) in [6.07, 6.45) is 3.04. The maximum atomic E-state index is 8.36. The molecule has 51 valence electrons. The molecule has 0 aliphatic heterocycles. The van der Waals surface area contributed by atoms with Crippen molar-refractivity contribution in [3.8, 4) is 12.1 Å². The van der Waals surface area contributed by atoms with E-state index in [9.17, 15) is 0 Å². The molecule has 0 saturated heterocycles. The molecule has 0 aliphatic rings. The Kier molecular flexibility index (Phi) is 2.37. The first-order valence-electron chi connectivity index (χ1n) is 2.70. The lowest BCUT2D eigenvalue weighted by molar-refractivity contribution is 1.40. The third kappa shape index (κ3) is 1.89. The Bertz CT molecular complexity index is 321. The minimum absolute atomic E-state index is 0.0858. The van der Waals surface area contributed by atoms with Gasteiger partial charge in [0.25, 0.3) is 0 Å². The fourth-order valence-corrected chi connectivity index (χ4v) is 0.987. The van der Waals surface area contributed by atoms with E-state index in [1.807, 2.05) is 0 Å². The summed E-state index contributed by atoms with van der Waals surface area (Å²) in [7, 11) is 0. The van der Waals surface area contributed by atoms with Crippen molar-refractivity contribution >= 4 is 17.4 Å². The lowest BCUT2D eigenvalue weighted by Gasteiger charge is -1.78. The third-order valence-corrected chi connectivity index (χ3v) is 1.59. The van der Waals surface area contributed by atoms with E-state index in [0.717, 1.165) is 4.88 Å². The summed E-state index contributed by atoms with van der Waals surface area (Å²) >= 11 is 1.27. The standard InChI is InChI=1S/C7H2N3S/c8-2-6(3-9)1-7-4-10-5-11-7/h1,4H. The number of hydrogen-bond donors (Lipinski definition) is 0. The van der Waals surface area contributed by atoms with Gasteiger partial charge in [-0.2, -0.15) is 10.5 Å². The van der Waals surface area contributed by atoms with E-state index in [2.05, 4.69) is 10.5 Å². The molecule has 0 aromatic carbocycles. The third-order valence-electron chi connectivity index (χ3n) is 0.935. The summed E-state index contributed by atoms with van der Waals surface area (Å²) in [6.45, 7) is 0. The minimum Gasteiger partial charge on any atom is -0.241 e. The highest BCUT2D eigenvalue weighted by atomic mass is 32.1. The second-order valence-electron chi connectivity index (χ2n) is 1.64. The highest BCUT2D eigenvalue weighted by molar-refractivity contribution is 7.10. The number of rotatable bonds is 1. The molecule has 1 aromatic heterocycles. The van der Waals surface area contributed by atoms with Crippen LogP contribution in [-0.2, 0) is 0 Å². The monoisotopic (exact) mass is 160 g/mol. The molecule has 0 bridgehead atoms. The van der Waals surface area contributed by atoms with Crippen molar-refractivity contribution in [3.63, 3.8) is 0 Å². The van der Waals surface area contributed by atoms with Gasteiger partial charge in [0, 0.05) is 11.1 Å². The minimum atomic E-state index is 0.0858. The number of nitriles is 2. The van der Waals surface area contributed by atoms with Gasteiger partial charge in [-0.15, -0.1) is 11.3 Å². The van der Waals surface area contributed by atoms with E-state index in [1.54, 1.807) is 18.3 Å². The molecule has 0 spiro atoms. The van der Waals surface area contributed by atoms with Gasteiger partial charge < -0.3 is 0 Å². The van der Waals surface area contributed by atoms with Crippen molar-refractivity contribution in [3.05, 3.63) is 22.2 Å². The molecule has 0 unspecified atom stereocenters. The summed E-state index contributed by atoms with van der Waals surface area (Å²) in [4.78, 5) is 4.44. The fourth-order valence-electron chi connectivity index (χ4n) is 0.494. The molecule has 0 amide bonds. The Morgan fingerprint density at radius 3 is 2.82 bits per heavy atom. The summed E-state index contributed by atoms with van der Waals surface area (Å²) in [5.41, 5.74) is 2.70. The molecule has 1 heterocycles. The smallest absolute Gasteiger partial charge is 0.152 e. The lowest BCUT2D eigenvalue weighted by Crippen LogP contribution is -1.69. The molecule has 11 heavy (non-hydrogen) atoms. The first-order valence-corrected chi connectivity index (χ1v) is 3.52. The number of aromatic nitrogens is 1. The molecule has 1 aromatic rings. The van der Waals surface area contributed by atoms with E-state index >= 15 is 0 Å². The van der Waals surface area contributed by atoms with Gasteiger partial charge >= 0.3 is 0 Å². The maximum Gasteiger partial charge on any atom is 0.152 e. The van der Waals surface area contributed by atoms with Crippen molar-refractivity contribution in [2.45, 2.75) is 0 Å². The topological polar surface area (TPSA) is 60.5 Å². The lowest BCUT2D eigenvalue weighted by atomic mass is 10.3. The summed E-state index contributed by atoms with van der Waals surface area (Å²) in [5.74, 6) is 0. The van der Waals surface area contributed by atoms with E-state index in [4.69, 9.17) is 10.5 Å². The van der Waals surface area contributed by atoms with E-state index in [1.165, 1.54) is 17.4 Å². The molecule has 0 N–H and O–H groups in total. The van der Waals surface area contributed by atoms with Gasteiger partial charge in [0.05, 0.1) is 0 Å². The molecular formula is C7H2N3S. The number of allylic oxidation sites excluding steroid dienone is 1. The Morgan fingerprint density at radius 1 is 1.64 bits per heavy atom. The van der Waals surface area contributed by atoms with Crippen LogP contribution >= 0.6 is 11.3 Å². The SMILES string of the molecule is N#CC(C#N)=Cc1cn[c]s1. The van der Waals surface area contributed by atoms with E-state index < -0.39 is 0 Å². The van der Waals surface area contributed by atoms with E-state index in [-0.39, 0.29) is 5.57 Å². The van der Waals surface area contributed by atoms with Crippen LogP contribution in [0.1, 0.15) is 4.88 Å². The highest BCUT2D eigenvalue weighted by Gasteiger charge is 1.93. The second kappa shape index (κ2) is 3.50. The van der Waals surface area contributed by atoms with Crippen LogP contribution in [0.25, 0.3) is 6.08 Å². The van der Waals surface area contributed by atoms with Gasteiger partial charge in [-0.25, -0.2) is 4.98 Å². The highest BCUT2D eigenvalue weighted by Crippen LogP contribution is 2.09. The van der Waals surface area contributed by atoms with Crippen molar-refractivity contribution in [1.29, 1.82) is 10.5 Å². The Balaban J connectivity index is 2.93. The molecule has 1 radical (unpaired) electrons. The van der Waals surface area contributed by atoms with Gasteiger partial charge in [0.15, 0.2) is 5.51 Å². The van der Waals surface area contributed by atoms with Crippen molar-refractivity contribution in [2.24, 2.45) is 0 Å². The predicted molar refractivity (Wildman–Crippen MR) is 40.2 cm³/mol. The number of nitrogens with zero attached hydrogens (tertiary/aromatic N) is 3. The van der Waals surface area contributed by atoms with Crippen LogP contribution in [0.4, 0.5) is 0 Å². The maximum absolute atomic E-state index is 8.36. The average Bonchev–Trinajstić information content (AvgIpc) is 2.52. The first kappa shape index (κ1) is 7.46. The predicted octanol–water partition coefficient (Wildman–Crippen LogP) is 1.37. The van der Waals surface area contributed by atoms with Gasteiger partial charge in [-0.3, -0.25) is 0 Å². The van der Waals surface area contributed by atoms with Crippen LogP contribution in [0.15, 0.2) is 11.8 Å². The summed E-state index contributed by atoms with van der Waals surface area (Å²) in [5, 5.41) is 16.7. The van der Waals surface area contributed by atoms with Crippen LogP contribution in [0.2, 0.25) is 0 Å². The average molecular weight is 160 g/mol. The van der Waals surface area contributed by atoms with Crippen LogP contribution < -0.4 is 0 Å². The zero-order valence-corrected chi connectivity index (χ0v) is 6.22. The largest absolute Gasteiger partial charge is 0.241 e. The quantitative estimate of drug-likeness (QED) is 0.583. The van der Waals surface area contributed by atoms with Crippen molar-refractivity contribution < 1.29 is 0 Å². The summed E-state index contributed by atoms with van der Waals surface area (Å²) in [6, 6.07) is 3.51. The molecule has 1 rings (SSSR count). The van der Waals surface area contributed by atoms with Crippen LogP contribution in [0, 0.1) is 28.2 Å². The van der Waals surface area contributed by atoms with Gasteiger partial charge in [-0.1, -0.05) is 0 Å². The molecule has 0 atom stereocenters. The first-order chi connectivity index (χ1) is 5.36. The van der Waals surface area contributed by atoms with Crippen LogP contribution in [-0.4, -0.2) is 4.98 Å². The summed E-state index contributed by atoms with van der Waals surface area (Å²) < 4.78 is 0. The van der Waals surface area contributed by atoms with Crippen LogP contribution in [0.5, 0.6) is 0 Å². The normalized spacial score (nSPS) is 7.82. The van der Waals surface area contributed by atoms with Gasteiger partial charge in [-0.05, 0) is 6.08 Å². The molecule has 3 nitrogen and oxygen atoms in total. The number of thiazole rings is 1. The van der Waals surface area contributed by atoms with Gasteiger partial charge in [0.2, 0.25) is 0 Å². The second-order valence-corrected chi connectivity index (χ2v) is 2.49. The Hall–Kier alpha value is -1.65. The Labute approximate surface area is 67.8 Å². The van der Waals surface area contributed by atoms with E-state index in [0.29, 0.717) is 0 Å². The molecule has 0 saturated carbocycles. The Morgan fingerprint density at radius 2 is 2.36 bits per heavy atom. The zero-order valence-electron chi connectivity index (χ0n) is 5.40. The molecule has 0 fully saturated rings. The van der Waals surface area contributed by atoms with Crippen molar-refractivity contribution in [1.82, 2.24) is 4.98 Å². The van der Waals surface area contributed by atoms with Crippen LogP contribution in [0.3, 0.4) is 0 Å².